The minimum absolute atomic E-state index is 0.124. The molecule has 4 aliphatic heterocycles. The summed E-state index contributed by atoms with van der Waals surface area (Å²) in [5.41, 5.74) is 4.31. The lowest BCUT2D eigenvalue weighted by Gasteiger charge is -2.63. The Labute approximate surface area is 367 Å². The second-order valence-corrected chi connectivity index (χ2v) is 19.7. The van der Waals surface area contributed by atoms with Crippen molar-refractivity contribution in [2.24, 2.45) is 16.2 Å². The molecule has 14 nitrogen and oxygen atoms in total. The van der Waals surface area contributed by atoms with E-state index in [-0.39, 0.29) is 53.2 Å². The molecule has 1 aromatic heterocycles. The highest BCUT2D eigenvalue weighted by Gasteiger charge is 2.64. The number of nitriles is 1. The molecule has 1 atom stereocenters. The van der Waals surface area contributed by atoms with E-state index in [1.807, 2.05) is 24.3 Å². The first kappa shape index (κ1) is 42.1. The molecule has 4 amide bonds. The number of amides is 4. The maximum atomic E-state index is 13.7. The van der Waals surface area contributed by atoms with E-state index < -0.39 is 16.9 Å². The predicted molar refractivity (Wildman–Crippen MR) is 240 cm³/mol. The molecule has 0 unspecified atom stereocenters. The average molecular weight is 853 g/mol. The molecule has 0 radical (unpaired) electrons. The van der Waals surface area contributed by atoms with Gasteiger partial charge in [-0.2, -0.15) is 5.26 Å². The largest absolute Gasteiger partial charge is 0.488 e. The summed E-state index contributed by atoms with van der Waals surface area (Å²) in [5.74, 6) is -0.359. The average Bonchev–Trinajstić information content (AvgIpc) is 3.59. The van der Waals surface area contributed by atoms with Crippen LogP contribution in [-0.2, 0) is 16.1 Å². The van der Waals surface area contributed by atoms with Gasteiger partial charge in [-0.25, -0.2) is 0 Å². The third-order valence-electron chi connectivity index (χ3n) is 14.7. The van der Waals surface area contributed by atoms with E-state index in [1.54, 1.807) is 23.1 Å². The van der Waals surface area contributed by atoms with Crippen molar-refractivity contribution in [2.45, 2.75) is 85.0 Å². The molecule has 9 rings (SSSR count). The molecule has 4 aromatic rings. The molecule has 328 valence electrons. The van der Waals surface area contributed by atoms with Gasteiger partial charge in [-0.3, -0.25) is 34.2 Å². The minimum atomic E-state index is -0.611. The van der Waals surface area contributed by atoms with Gasteiger partial charge >= 0.3 is 0 Å². The van der Waals surface area contributed by atoms with E-state index in [0.717, 1.165) is 75.6 Å². The van der Waals surface area contributed by atoms with E-state index in [4.69, 9.17) is 4.74 Å². The van der Waals surface area contributed by atoms with Crippen molar-refractivity contribution in [3.8, 4) is 11.8 Å². The molecule has 63 heavy (non-hydrogen) atoms. The highest BCUT2D eigenvalue weighted by Crippen LogP contribution is 2.56. The normalized spacial score (nSPS) is 24.0. The van der Waals surface area contributed by atoms with Crippen LogP contribution in [0.25, 0.3) is 10.9 Å². The lowest BCUT2D eigenvalue weighted by molar-refractivity contribution is -0.163. The van der Waals surface area contributed by atoms with Crippen molar-refractivity contribution >= 4 is 45.9 Å². The number of rotatable bonds is 9. The van der Waals surface area contributed by atoms with Gasteiger partial charge in [-0.05, 0) is 90.9 Å². The highest BCUT2D eigenvalue weighted by atomic mass is 16.5. The zero-order valence-electron chi connectivity index (χ0n) is 36.8. The number of hydrogen-bond donors (Lipinski definition) is 3. The highest BCUT2D eigenvalue weighted by molar-refractivity contribution is 6.05. The van der Waals surface area contributed by atoms with E-state index in [9.17, 15) is 29.2 Å². The zero-order chi connectivity index (χ0) is 44.4. The number of nitrogens with one attached hydrogen (secondary N) is 3. The van der Waals surface area contributed by atoms with Crippen LogP contribution in [0.2, 0.25) is 0 Å². The Balaban J connectivity index is 0.750. The molecule has 1 saturated carbocycles. The molecular weight excluding hydrogens is 797 g/mol. The first-order chi connectivity index (χ1) is 30.0. The summed E-state index contributed by atoms with van der Waals surface area (Å²) in [6.45, 7) is 17.8. The van der Waals surface area contributed by atoms with Gasteiger partial charge in [0.05, 0.1) is 11.1 Å². The predicted octanol–water partition coefficient (Wildman–Crippen LogP) is 5.20. The number of nitrogens with zero attached hydrogens (tertiary/aromatic N) is 5. The van der Waals surface area contributed by atoms with Gasteiger partial charge < -0.3 is 29.7 Å². The number of aromatic amines is 1. The molecule has 3 saturated heterocycles. The summed E-state index contributed by atoms with van der Waals surface area (Å²) < 4.78 is 6.63. The van der Waals surface area contributed by atoms with Gasteiger partial charge in [-0.1, -0.05) is 34.6 Å². The molecule has 14 heteroatoms. The number of imide groups is 1. The van der Waals surface area contributed by atoms with Gasteiger partial charge in [0, 0.05) is 110 Å². The van der Waals surface area contributed by atoms with Gasteiger partial charge in [-0.15, -0.1) is 0 Å². The molecule has 1 aliphatic carbocycles. The second kappa shape index (κ2) is 15.9. The fourth-order valence-electron chi connectivity index (χ4n) is 11.3. The summed E-state index contributed by atoms with van der Waals surface area (Å²) in [5, 5.41) is 16.0. The Morgan fingerprint density at radius 3 is 2.21 bits per heavy atom. The van der Waals surface area contributed by atoms with Crippen LogP contribution in [0.5, 0.6) is 5.75 Å². The first-order valence-corrected chi connectivity index (χ1v) is 22.2. The zero-order valence-corrected chi connectivity index (χ0v) is 36.8. The number of benzene rings is 3. The van der Waals surface area contributed by atoms with Crippen LogP contribution in [-0.4, -0.2) is 102 Å². The number of piperazine rings is 1. The van der Waals surface area contributed by atoms with Crippen molar-refractivity contribution in [3.63, 3.8) is 0 Å². The fourth-order valence-corrected chi connectivity index (χ4v) is 11.3. The van der Waals surface area contributed by atoms with E-state index in [2.05, 4.69) is 89.2 Å². The molecule has 5 heterocycles. The van der Waals surface area contributed by atoms with Gasteiger partial charge in [0.25, 0.3) is 11.8 Å². The lowest BCUT2D eigenvalue weighted by Crippen LogP contribution is -2.74. The molecule has 3 aromatic carbocycles. The quantitative estimate of drug-likeness (QED) is 0.190. The maximum absolute atomic E-state index is 13.7. The van der Waals surface area contributed by atoms with Crippen molar-refractivity contribution < 1.29 is 23.9 Å². The van der Waals surface area contributed by atoms with Crippen molar-refractivity contribution in [3.05, 3.63) is 99.3 Å². The number of pyridine rings is 1. The van der Waals surface area contributed by atoms with E-state index in [1.165, 1.54) is 6.07 Å². The molecule has 5 aliphatic rings. The van der Waals surface area contributed by atoms with E-state index in [0.29, 0.717) is 46.3 Å². The van der Waals surface area contributed by atoms with Crippen molar-refractivity contribution in [2.75, 3.05) is 55.6 Å². The first-order valence-electron chi connectivity index (χ1n) is 22.2. The van der Waals surface area contributed by atoms with Crippen LogP contribution in [0.3, 0.4) is 0 Å². The summed E-state index contributed by atoms with van der Waals surface area (Å²) in [6, 6.07) is 21.9. The molecule has 4 fully saturated rings. The number of anilines is 2. The summed E-state index contributed by atoms with van der Waals surface area (Å²) in [6.07, 6.45) is 2.50. The molecule has 0 spiro atoms. The minimum Gasteiger partial charge on any atom is -0.488 e. The number of carbonyl (C=O) groups excluding carboxylic acids is 4. The van der Waals surface area contributed by atoms with Gasteiger partial charge in [0.15, 0.2) is 0 Å². The molecule has 0 bridgehead atoms. The van der Waals surface area contributed by atoms with E-state index >= 15 is 0 Å². The Kier molecular flexibility index (Phi) is 10.6. The van der Waals surface area contributed by atoms with Crippen LogP contribution in [0.4, 0.5) is 11.4 Å². The molecular formula is C49H56N8O6. The summed E-state index contributed by atoms with van der Waals surface area (Å²) in [4.78, 5) is 74.9. The number of piperidine rings is 2. The van der Waals surface area contributed by atoms with Crippen LogP contribution >= 0.6 is 0 Å². The maximum Gasteiger partial charge on any atom is 0.255 e. The Hall–Kier alpha value is -6.20. The van der Waals surface area contributed by atoms with Gasteiger partial charge in [0.1, 0.15) is 24.0 Å². The topological polar surface area (TPSA) is 171 Å². The summed E-state index contributed by atoms with van der Waals surface area (Å²) in [7, 11) is 0. The number of H-pyrrole nitrogens is 1. The number of fused-ring (bicyclic) bond motifs is 2. The van der Waals surface area contributed by atoms with Crippen molar-refractivity contribution in [1.82, 2.24) is 25.4 Å². The third kappa shape index (κ3) is 7.70. The van der Waals surface area contributed by atoms with Crippen molar-refractivity contribution in [1.29, 1.82) is 5.26 Å². The SMILES string of the molecule is CC1(CN2CCN(c3ccc4c(c3)CN([C@H]3CCC(=O)NC3=O)C4=O)CC2)CCN(c2ccc(C(=O)NC3C(C)(C)C(Oc4ccc(C#N)c5[nH]c(=O)ccc45)C3(C)C)cc2)CC1. The fraction of sp³-hybridized carbons (Fsp3) is 0.469. The third-order valence-corrected chi connectivity index (χ3v) is 14.7. The van der Waals surface area contributed by atoms with Gasteiger partial charge in [0.2, 0.25) is 17.4 Å². The number of hydrogen-bond acceptors (Lipinski definition) is 10. The number of carbonyl (C=O) groups is 4. The molecule has 3 N–H and O–H groups in total. The second-order valence-electron chi connectivity index (χ2n) is 19.7. The van der Waals surface area contributed by atoms with Crippen LogP contribution in [0.15, 0.2) is 71.5 Å². The van der Waals surface area contributed by atoms with Crippen LogP contribution in [0.1, 0.15) is 92.1 Å². The number of aromatic nitrogens is 1. The van der Waals surface area contributed by atoms with Crippen LogP contribution in [0, 0.1) is 27.6 Å². The smallest absolute Gasteiger partial charge is 0.255 e. The Morgan fingerprint density at radius 2 is 1.52 bits per heavy atom. The van der Waals surface area contributed by atoms with Crippen LogP contribution < -0.4 is 30.7 Å². The Morgan fingerprint density at radius 1 is 0.841 bits per heavy atom. The Bertz CT molecular complexity index is 2580. The lowest BCUT2D eigenvalue weighted by atomic mass is 9.49. The number of ether oxygens (including phenoxy) is 1. The standard InChI is InChI=1S/C49H56N8O6/c1-47(2)45(48(3,4)46(47)63-38-15-8-31(27-50)41-36(38)13-16-39(58)51-41)53-42(60)30-6-9-33(10-7-30)55-20-18-49(5,19-21-55)29-54-22-24-56(25-23-54)34-11-12-35-32(26-34)28-57(44(35)62)37-14-17-40(59)52-43(37)61/h6-13,15-16,26,37,45-46H,14,17-25,28-29H2,1-5H3,(H,51,58)(H,53,60)(H,52,59,61)/t37-,45?,46?/m0/s1. The summed E-state index contributed by atoms with van der Waals surface area (Å²) >= 11 is 0. The monoisotopic (exact) mass is 852 g/mol.